The quantitative estimate of drug-likeness (QED) is 0.448. The molecule has 0 aliphatic rings. The van der Waals surface area contributed by atoms with Gasteiger partial charge in [-0.25, -0.2) is 15.0 Å². The average molecular weight is 413 g/mol. The summed E-state index contributed by atoms with van der Waals surface area (Å²) in [5, 5.41) is 0.867. The van der Waals surface area contributed by atoms with Gasteiger partial charge in [0.2, 0.25) is 0 Å². The van der Waals surface area contributed by atoms with Crippen LogP contribution >= 0.6 is 11.3 Å². The molecule has 0 saturated heterocycles. The van der Waals surface area contributed by atoms with Crippen molar-refractivity contribution in [2.24, 2.45) is 5.73 Å². The van der Waals surface area contributed by atoms with Crippen molar-refractivity contribution in [1.82, 2.24) is 19.5 Å². The van der Waals surface area contributed by atoms with E-state index in [-0.39, 0.29) is 0 Å². The molecule has 0 fully saturated rings. The summed E-state index contributed by atoms with van der Waals surface area (Å²) < 4.78 is 2.17. The van der Waals surface area contributed by atoms with E-state index in [1.54, 1.807) is 11.3 Å². The maximum absolute atomic E-state index is 6.09. The van der Waals surface area contributed by atoms with E-state index in [9.17, 15) is 0 Å². The molecule has 0 atom stereocenters. The Kier molecular flexibility index (Phi) is 4.74. The molecule has 0 aliphatic carbocycles. The Hall–Kier alpha value is -3.55. The lowest BCUT2D eigenvalue weighted by molar-refractivity contribution is 0.793. The van der Waals surface area contributed by atoms with Gasteiger partial charge >= 0.3 is 0 Å². The molecule has 5 aromatic rings. The molecule has 148 valence electrons. The van der Waals surface area contributed by atoms with Crippen LogP contribution in [0.1, 0.15) is 11.1 Å². The molecule has 0 radical (unpaired) electrons. The van der Waals surface area contributed by atoms with Crippen molar-refractivity contribution < 1.29 is 0 Å². The van der Waals surface area contributed by atoms with Crippen LogP contribution in [0.25, 0.3) is 32.0 Å². The molecule has 7 heteroatoms. The summed E-state index contributed by atoms with van der Waals surface area (Å²) in [6.45, 7) is 1.18. The van der Waals surface area contributed by atoms with Gasteiger partial charge in [-0.05, 0) is 17.2 Å². The highest BCUT2D eigenvalue weighted by molar-refractivity contribution is 7.21. The van der Waals surface area contributed by atoms with Crippen LogP contribution in [-0.2, 0) is 13.1 Å². The summed E-state index contributed by atoms with van der Waals surface area (Å²) in [6, 6.07) is 20.5. The first-order chi connectivity index (χ1) is 14.7. The van der Waals surface area contributed by atoms with Crippen LogP contribution in [0, 0.1) is 0 Å². The molecule has 0 amide bonds. The second-order valence-electron chi connectivity index (χ2n) is 7.00. The number of anilines is 1. The molecule has 2 aromatic carbocycles. The number of nitrogen functional groups attached to an aromatic ring is 1. The highest BCUT2D eigenvalue weighted by Gasteiger charge is 2.19. The van der Waals surface area contributed by atoms with E-state index in [0.29, 0.717) is 18.9 Å². The SMILES string of the molecule is NCc1ccccc1Cn1cnc(-c2ccccc2)c1-c1cc2c(N)ncnc2s1. The van der Waals surface area contributed by atoms with Crippen molar-refractivity contribution in [3.63, 3.8) is 0 Å². The number of fused-ring (bicyclic) bond motifs is 1. The van der Waals surface area contributed by atoms with Crippen molar-refractivity contribution in [1.29, 1.82) is 0 Å². The summed E-state index contributed by atoms with van der Waals surface area (Å²) >= 11 is 1.60. The van der Waals surface area contributed by atoms with Crippen molar-refractivity contribution in [2.75, 3.05) is 5.73 Å². The number of imidazole rings is 1. The second kappa shape index (κ2) is 7.70. The van der Waals surface area contributed by atoms with E-state index in [2.05, 4.69) is 44.9 Å². The maximum atomic E-state index is 6.09. The zero-order valence-electron chi connectivity index (χ0n) is 16.2. The summed E-state index contributed by atoms with van der Waals surface area (Å²) in [4.78, 5) is 15.2. The highest BCUT2D eigenvalue weighted by Crippen LogP contribution is 2.39. The lowest BCUT2D eigenvalue weighted by Crippen LogP contribution is -2.06. The standard InChI is InChI=1S/C23H20N6S/c24-11-16-8-4-5-9-17(16)12-29-14-28-20(15-6-2-1-3-7-15)21(29)19-10-18-22(25)26-13-27-23(18)30-19/h1-10,13-14H,11-12,24H2,(H2,25,26,27). The number of nitrogens with two attached hydrogens (primary N) is 2. The van der Waals surface area contributed by atoms with Crippen molar-refractivity contribution in [3.05, 3.63) is 84.4 Å². The third-order valence-electron chi connectivity index (χ3n) is 5.16. The Labute approximate surface area is 177 Å². The first-order valence-electron chi connectivity index (χ1n) is 9.62. The van der Waals surface area contributed by atoms with Crippen LogP contribution < -0.4 is 11.5 Å². The molecule has 0 aliphatic heterocycles. The summed E-state index contributed by atoms with van der Waals surface area (Å²) in [6.07, 6.45) is 3.40. The topological polar surface area (TPSA) is 95.6 Å². The van der Waals surface area contributed by atoms with Gasteiger partial charge in [0.15, 0.2) is 0 Å². The van der Waals surface area contributed by atoms with Gasteiger partial charge in [-0.2, -0.15) is 0 Å². The Morgan fingerprint density at radius 2 is 1.67 bits per heavy atom. The van der Waals surface area contributed by atoms with E-state index in [4.69, 9.17) is 16.5 Å². The van der Waals surface area contributed by atoms with Crippen molar-refractivity contribution in [2.45, 2.75) is 13.1 Å². The number of hydrogen-bond donors (Lipinski definition) is 2. The first kappa shape index (κ1) is 18.5. The predicted molar refractivity (Wildman–Crippen MR) is 122 cm³/mol. The normalized spacial score (nSPS) is 11.2. The summed E-state index contributed by atoms with van der Waals surface area (Å²) in [5.41, 5.74) is 17.4. The van der Waals surface area contributed by atoms with E-state index >= 15 is 0 Å². The molecule has 5 rings (SSSR count). The van der Waals surface area contributed by atoms with E-state index in [0.717, 1.165) is 37.6 Å². The minimum absolute atomic E-state index is 0.489. The number of nitrogens with zero attached hydrogens (tertiary/aromatic N) is 4. The fourth-order valence-electron chi connectivity index (χ4n) is 3.65. The fourth-order valence-corrected chi connectivity index (χ4v) is 4.72. The molecule has 30 heavy (non-hydrogen) atoms. The smallest absolute Gasteiger partial charge is 0.135 e. The zero-order chi connectivity index (χ0) is 20.5. The molecule has 6 nitrogen and oxygen atoms in total. The third-order valence-corrected chi connectivity index (χ3v) is 6.21. The van der Waals surface area contributed by atoms with Gasteiger partial charge in [0.25, 0.3) is 0 Å². The van der Waals surface area contributed by atoms with Crippen LogP contribution in [0.15, 0.2) is 73.3 Å². The van der Waals surface area contributed by atoms with Crippen molar-refractivity contribution >= 4 is 27.4 Å². The predicted octanol–water partition coefficient (Wildman–Crippen LogP) is 4.31. The number of benzene rings is 2. The van der Waals surface area contributed by atoms with Crippen LogP contribution in [0.5, 0.6) is 0 Å². The minimum Gasteiger partial charge on any atom is -0.383 e. The van der Waals surface area contributed by atoms with E-state index in [1.165, 1.54) is 11.9 Å². The lowest BCUT2D eigenvalue weighted by atomic mass is 10.1. The molecule has 3 aromatic heterocycles. The minimum atomic E-state index is 0.489. The van der Waals surface area contributed by atoms with Gasteiger partial charge in [-0.1, -0.05) is 54.6 Å². The third kappa shape index (κ3) is 3.24. The first-order valence-corrected chi connectivity index (χ1v) is 10.4. The second-order valence-corrected chi connectivity index (χ2v) is 8.03. The summed E-state index contributed by atoms with van der Waals surface area (Å²) in [7, 11) is 0. The largest absolute Gasteiger partial charge is 0.383 e. The van der Waals surface area contributed by atoms with Crippen LogP contribution in [-0.4, -0.2) is 19.5 Å². The molecule has 0 spiro atoms. The van der Waals surface area contributed by atoms with Crippen molar-refractivity contribution in [3.8, 4) is 21.8 Å². The Bertz CT molecular complexity index is 1320. The molecule has 4 N–H and O–H groups in total. The van der Waals surface area contributed by atoms with Gasteiger partial charge in [-0.15, -0.1) is 11.3 Å². The van der Waals surface area contributed by atoms with Crippen LogP contribution in [0.4, 0.5) is 5.82 Å². The molecule has 3 heterocycles. The average Bonchev–Trinajstić information content (AvgIpc) is 3.39. The molecule has 0 saturated carbocycles. The van der Waals surface area contributed by atoms with Gasteiger partial charge in [0, 0.05) is 18.7 Å². The molecular formula is C23H20N6S. The van der Waals surface area contributed by atoms with Crippen LogP contribution in [0.3, 0.4) is 0 Å². The zero-order valence-corrected chi connectivity index (χ0v) is 17.0. The number of hydrogen-bond acceptors (Lipinski definition) is 6. The van der Waals surface area contributed by atoms with Gasteiger partial charge in [0.1, 0.15) is 17.0 Å². The monoisotopic (exact) mass is 412 g/mol. The Balaban J connectivity index is 1.70. The number of aromatic nitrogens is 4. The van der Waals surface area contributed by atoms with Gasteiger partial charge in [-0.3, -0.25) is 0 Å². The van der Waals surface area contributed by atoms with Crippen LogP contribution in [0.2, 0.25) is 0 Å². The van der Waals surface area contributed by atoms with E-state index in [1.807, 2.05) is 36.7 Å². The maximum Gasteiger partial charge on any atom is 0.135 e. The number of thiophene rings is 1. The lowest BCUT2D eigenvalue weighted by Gasteiger charge is -2.12. The number of rotatable bonds is 5. The van der Waals surface area contributed by atoms with Gasteiger partial charge in [0.05, 0.1) is 28.0 Å². The van der Waals surface area contributed by atoms with E-state index < -0.39 is 0 Å². The highest BCUT2D eigenvalue weighted by atomic mass is 32.1. The Morgan fingerprint density at radius 3 is 2.43 bits per heavy atom. The van der Waals surface area contributed by atoms with Gasteiger partial charge < -0.3 is 16.0 Å². The fraction of sp³-hybridized carbons (Fsp3) is 0.0870. The molecule has 0 bridgehead atoms. The molecular weight excluding hydrogens is 392 g/mol. The Morgan fingerprint density at radius 1 is 0.900 bits per heavy atom. The molecule has 0 unspecified atom stereocenters. The summed E-state index contributed by atoms with van der Waals surface area (Å²) in [5.74, 6) is 0.489.